The molecule has 0 fully saturated rings. The fourth-order valence-electron chi connectivity index (χ4n) is 2.30. The predicted molar refractivity (Wildman–Crippen MR) is 87.1 cm³/mol. The molecule has 0 aliphatic rings. The van der Waals surface area contributed by atoms with E-state index in [2.05, 4.69) is 10.6 Å². The van der Waals surface area contributed by atoms with Crippen LogP contribution < -0.4 is 59.1 Å². The van der Waals surface area contributed by atoms with Gasteiger partial charge in [0.1, 0.15) is 0 Å². The number of rotatable bonds is 15. The van der Waals surface area contributed by atoms with E-state index in [4.69, 9.17) is 10.4 Å². The molecule has 0 aromatic carbocycles. The molecule has 0 heterocycles. The van der Waals surface area contributed by atoms with Crippen LogP contribution in [0.2, 0.25) is 0 Å². The van der Waals surface area contributed by atoms with Gasteiger partial charge in [-0.05, 0) is 25.7 Å². The predicted octanol–water partition coefficient (Wildman–Crippen LogP) is -2.71. The van der Waals surface area contributed by atoms with Crippen molar-refractivity contribution < 1.29 is 79.5 Å². The first-order chi connectivity index (χ1) is 11.6. The van der Waals surface area contributed by atoms with E-state index in [1.807, 2.05) is 13.8 Å². The van der Waals surface area contributed by atoms with Crippen molar-refractivity contribution in [1.29, 1.82) is 0 Å². The number of hydrazine groups is 2. The molecule has 0 atom stereocenters. The van der Waals surface area contributed by atoms with Crippen LogP contribution in [0.1, 0.15) is 65.2 Å². The Morgan fingerprint density at radius 3 is 1.23 bits per heavy atom. The number of hydrogen-bond acceptors (Lipinski definition) is 4. The van der Waals surface area contributed by atoms with Crippen LogP contribution in [0.4, 0.5) is 0 Å². The van der Waals surface area contributed by atoms with Gasteiger partial charge in [0.05, 0.1) is 36.1 Å². The molecular formula is C14H32N6Na2O4+2. The van der Waals surface area contributed by atoms with Crippen molar-refractivity contribution in [2.75, 3.05) is 26.2 Å². The van der Waals surface area contributed by atoms with Crippen LogP contribution in [0.3, 0.4) is 0 Å². The van der Waals surface area contributed by atoms with Crippen LogP contribution in [0.25, 0.3) is 0 Å². The smallest absolute Gasteiger partial charge is 0.569 e. The summed E-state index contributed by atoms with van der Waals surface area (Å²) in [6.07, 6.45) is 7.07. The molecule has 0 aromatic heterocycles. The average molecular weight is 394 g/mol. The van der Waals surface area contributed by atoms with Crippen molar-refractivity contribution in [2.24, 2.45) is 10.6 Å². The topological polar surface area (TPSA) is 124 Å². The van der Waals surface area contributed by atoms with E-state index >= 15 is 0 Å². The van der Waals surface area contributed by atoms with Crippen molar-refractivity contribution in [2.45, 2.75) is 65.2 Å². The van der Waals surface area contributed by atoms with E-state index in [9.17, 15) is 10.4 Å². The molecule has 2 N–H and O–H groups in total. The third-order valence-corrected chi connectivity index (χ3v) is 3.76. The average Bonchev–Trinajstić information content (AvgIpc) is 2.61. The Balaban J connectivity index is -0.00000264. The molecule has 0 saturated carbocycles. The van der Waals surface area contributed by atoms with Crippen molar-refractivity contribution in [1.82, 2.24) is 10.0 Å². The maximum Gasteiger partial charge on any atom is 1.00 e. The second-order valence-electron chi connectivity index (χ2n) is 5.71. The summed E-state index contributed by atoms with van der Waals surface area (Å²) in [7, 11) is 0. The molecule has 26 heavy (non-hydrogen) atoms. The Bertz CT molecular complexity index is 343. The zero-order valence-electron chi connectivity index (χ0n) is 16.9. The van der Waals surface area contributed by atoms with E-state index < -0.39 is 0 Å². The zero-order chi connectivity index (χ0) is 18.2. The van der Waals surface area contributed by atoms with Crippen molar-refractivity contribution in [3.8, 4) is 0 Å². The van der Waals surface area contributed by atoms with Gasteiger partial charge in [-0.15, -0.1) is 10.0 Å². The first-order valence-electron chi connectivity index (χ1n) is 8.74. The van der Waals surface area contributed by atoms with E-state index in [1.165, 1.54) is 10.0 Å². The molecule has 0 rings (SSSR count). The summed E-state index contributed by atoms with van der Waals surface area (Å²) in [5, 5.41) is 48.2. The summed E-state index contributed by atoms with van der Waals surface area (Å²) in [5.74, 6) is 0. The van der Waals surface area contributed by atoms with Gasteiger partial charge in [-0.25, -0.2) is 0 Å². The van der Waals surface area contributed by atoms with Gasteiger partial charge in [-0.1, -0.05) is 39.5 Å². The van der Waals surface area contributed by atoms with Gasteiger partial charge >= 0.3 is 59.1 Å². The van der Waals surface area contributed by atoms with Gasteiger partial charge in [0, 0.05) is 0 Å². The molecule has 0 saturated heterocycles. The molecule has 0 unspecified atom stereocenters. The minimum absolute atomic E-state index is 0. The SMILES string of the molecule is CCCCN(CCCCCCN(CCCC)[N+]([O-])=NO)[N+]([O-])=NO.[Na+].[Na+]. The summed E-state index contributed by atoms with van der Waals surface area (Å²) < 4.78 is 0. The minimum Gasteiger partial charge on any atom is -0.569 e. The van der Waals surface area contributed by atoms with Gasteiger partial charge in [0.25, 0.3) is 0 Å². The Hall–Kier alpha value is 0.000000000000000222. The fraction of sp³-hybridized carbons (Fsp3) is 1.00. The first kappa shape index (κ1) is 30.7. The number of hydrogen-bond donors (Lipinski definition) is 2. The fourth-order valence-corrected chi connectivity index (χ4v) is 2.30. The third-order valence-electron chi connectivity index (χ3n) is 3.76. The quantitative estimate of drug-likeness (QED) is 0.102. The van der Waals surface area contributed by atoms with E-state index in [-0.39, 0.29) is 69.1 Å². The molecule has 142 valence electrons. The van der Waals surface area contributed by atoms with Crippen LogP contribution in [-0.2, 0) is 0 Å². The van der Waals surface area contributed by atoms with Crippen LogP contribution in [-0.4, -0.2) is 56.6 Å². The molecule has 0 spiro atoms. The zero-order valence-corrected chi connectivity index (χ0v) is 20.9. The normalized spacial score (nSPS) is 11.5. The van der Waals surface area contributed by atoms with Crippen LogP contribution in [0.5, 0.6) is 0 Å². The maximum absolute atomic E-state index is 11.4. The van der Waals surface area contributed by atoms with Crippen molar-refractivity contribution >= 4 is 0 Å². The molecule has 0 aliphatic carbocycles. The molecule has 0 aromatic rings. The second-order valence-corrected chi connectivity index (χ2v) is 5.71. The van der Waals surface area contributed by atoms with Gasteiger partial charge in [0.15, 0.2) is 0 Å². The van der Waals surface area contributed by atoms with Crippen molar-refractivity contribution in [3.63, 3.8) is 0 Å². The largest absolute Gasteiger partial charge is 1.00 e. The molecule has 10 nitrogen and oxygen atoms in total. The van der Waals surface area contributed by atoms with Gasteiger partial charge < -0.3 is 20.8 Å². The van der Waals surface area contributed by atoms with E-state index in [1.54, 1.807) is 0 Å². The van der Waals surface area contributed by atoms with Gasteiger partial charge in [-0.3, -0.25) is 0 Å². The Morgan fingerprint density at radius 1 is 0.654 bits per heavy atom. The molecular weight excluding hydrogens is 362 g/mol. The minimum atomic E-state index is 0. The molecule has 0 aliphatic heterocycles. The summed E-state index contributed by atoms with van der Waals surface area (Å²) in [5.41, 5.74) is 0. The van der Waals surface area contributed by atoms with E-state index in [0.29, 0.717) is 26.2 Å². The van der Waals surface area contributed by atoms with Crippen LogP contribution in [0.15, 0.2) is 10.6 Å². The Morgan fingerprint density at radius 2 is 0.962 bits per heavy atom. The van der Waals surface area contributed by atoms with Crippen LogP contribution >= 0.6 is 0 Å². The molecule has 0 amide bonds. The Kier molecular flexibility index (Phi) is 25.2. The molecule has 0 radical (unpaired) electrons. The van der Waals surface area contributed by atoms with Gasteiger partial charge in [-0.2, -0.15) is 0 Å². The summed E-state index contributed by atoms with van der Waals surface area (Å²) in [6.45, 7) is 6.27. The first-order valence-corrected chi connectivity index (χ1v) is 8.74. The molecule has 12 heteroatoms. The molecule has 0 bridgehead atoms. The summed E-state index contributed by atoms with van der Waals surface area (Å²) >= 11 is 0. The number of unbranched alkanes of at least 4 members (excludes halogenated alkanes) is 5. The Labute approximate surface area is 200 Å². The monoisotopic (exact) mass is 394 g/mol. The summed E-state index contributed by atoms with van der Waals surface area (Å²) in [4.78, 5) is 0.473. The number of nitrogens with zero attached hydrogens (tertiary/aromatic N) is 6. The third kappa shape index (κ3) is 15.1. The van der Waals surface area contributed by atoms with Crippen molar-refractivity contribution in [3.05, 3.63) is 10.4 Å². The van der Waals surface area contributed by atoms with Crippen LogP contribution in [0, 0.1) is 10.4 Å². The standard InChI is InChI=1S/C14H32N6O4.2Na/c1-3-5-11-17(19(23)15-21)13-9-7-8-10-14-18(12-6-4-2)20(24)16-22;;/h21-22H,3-14H2,1-2H3;;/q;2*+1. The van der Waals surface area contributed by atoms with Gasteiger partial charge in [0.2, 0.25) is 10.6 Å². The second kappa shape index (κ2) is 21.3. The van der Waals surface area contributed by atoms with E-state index in [0.717, 1.165) is 51.4 Å². The maximum atomic E-state index is 11.4. The summed E-state index contributed by atoms with van der Waals surface area (Å²) in [6, 6.07) is 0.